The number of ether oxygens (including phenoxy) is 1. The zero-order valence-electron chi connectivity index (χ0n) is 8.39. The number of nitrogens with one attached hydrogen (secondary N) is 1. The first-order valence-electron chi connectivity index (χ1n) is 5.07. The fraction of sp³-hybridized carbons (Fsp3) is 1.00. The van der Waals surface area contributed by atoms with Gasteiger partial charge >= 0.3 is 6.36 Å². The SMILES string of the molecule is OC1CCC(CNCCOC(F)(F)F)C1. The van der Waals surface area contributed by atoms with Crippen LogP contribution < -0.4 is 5.32 Å². The van der Waals surface area contributed by atoms with Crippen molar-refractivity contribution in [2.45, 2.75) is 31.7 Å². The summed E-state index contributed by atoms with van der Waals surface area (Å²) < 4.78 is 38.3. The maximum Gasteiger partial charge on any atom is 0.522 e. The van der Waals surface area contributed by atoms with Gasteiger partial charge in [0.05, 0.1) is 12.7 Å². The van der Waals surface area contributed by atoms with Crippen LogP contribution in [0.15, 0.2) is 0 Å². The minimum absolute atomic E-state index is 0.187. The van der Waals surface area contributed by atoms with Gasteiger partial charge in [-0.25, -0.2) is 0 Å². The summed E-state index contributed by atoms with van der Waals surface area (Å²) in [6.45, 7) is 0.475. The van der Waals surface area contributed by atoms with E-state index in [-0.39, 0.29) is 19.3 Å². The highest BCUT2D eigenvalue weighted by atomic mass is 19.4. The predicted octanol–water partition coefficient (Wildman–Crippen LogP) is 1.27. The van der Waals surface area contributed by atoms with Gasteiger partial charge in [0.2, 0.25) is 0 Å². The number of aliphatic hydroxyl groups is 1. The van der Waals surface area contributed by atoms with Gasteiger partial charge in [0, 0.05) is 6.54 Å². The highest BCUT2D eigenvalue weighted by Crippen LogP contribution is 2.24. The van der Waals surface area contributed by atoms with E-state index in [1.807, 2.05) is 0 Å². The Morgan fingerprint density at radius 2 is 2.07 bits per heavy atom. The van der Waals surface area contributed by atoms with Crippen molar-refractivity contribution in [2.75, 3.05) is 19.7 Å². The second kappa shape index (κ2) is 5.67. The first-order valence-corrected chi connectivity index (χ1v) is 5.07. The largest absolute Gasteiger partial charge is 0.522 e. The molecule has 0 saturated heterocycles. The summed E-state index contributed by atoms with van der Waals surface area (Å²) in [5.74, 6) is 0.380. The van der Waals surface area contributed by atoms with E-state index in [0.29, 0.717) is 12.5 Å². The molecule has 1 fully saturated rings. The Labute approximate surface area is 86.6 Å². The van der Waals surface area contributed by atoms with Gasteiger partial charge in [0.25, 0.3) is 0 Å². The molecule has 2 unspecified atom stereocenters. The van der Waals surface area contributed by atoms with Gasteiger partial charge in [-0.2, -0.15) is 0 Å². The standard InChI is InChI=1S/C9H16F3NO2/c10-9(11,12)15-4-3-13-6-7-1-2-8(14)5-7/h7-8,13-14H,1-6H2. The molecule has 0 amide bonds. The van der Waals surface area contributed by atoms with Crippen molar-refractivity contribution in [1.82, 2.24) is 5.32 Å². The molecule has 3 nitrogen and oxygen atoms in total. The van der Waals surface area contributed by atoms with Crippen molar-refractivity contribution in [3.63, 3.8) is 0 Å². The highest BCUT2D eigenvalue weighted by molar-refractivity contribution is 4.75. The summed E-state index contributed by atoms with van der Waals surface area (Å²) in [4.78, 5) is 0. The second-order valence-corrected chi connectivity index (χ2v) is 3.83. The molecule has 0 radical (unpaired) electrons. The van der Waals surface area contributed by atoms with E-state index in [2.05, 4.69) is 10.1 Å². The second-order valence-electron chi connectivity index (χ2n) is 3.83. The summed E-state index contributed by atoms with van der Waals surface area (Å²) in [6.07, 6.45) is -2.29. The van der Waals surface area contributed by atoms with Crippen molar-refractivity contribution >= 4 is 0 Å². The maximum atomic E-state index is 11.6. The van der Waals surface area contributed by atoms with Crippen LogP contribution >= 0.6 is 0 Å². The summed E-state index contributed by atoms with van der Waals surface area (Å²) in [5, 5.41) is 12.1. The molecule has 6 heteroatoms. The monoisotopic (exact) mass is 227 g/mol. The number of rotatable bonds is 5. The fourth-order valence-corrected chi connectivity index (χ4v) is 1.78. The number of hydrogen-bond donors (Lipinski definition) is 2. The number of hydrogen-bond acceptors (Lipinski definition) is 3. The van der Waals surface area contributed by atoms with E-state index >= 15 is 0 Å². The minimum Gasteiger partial charge on any atom is -0.393 e. The summed E-state index contributed by atoms with van der Waals surface area (Å²) in [6, 6.07) is 0. The van der Waals surface area contributed by atoms with Crippen LogP contribution in [0.1, 0.15) is 19.3 Å². The van der Waals surface area contributed by atoms with E-state index < -0.39 is 6.36 Å². The Balaban J connectivity index is 1.93. The van der Waals surface area contributed by atoms with Crippen LogP contribution in [0.25, 0.3) is 0 Å². The molecule has 0 aromatic heterocycles. The molecule has 2 atom stereocenters. The van der Waals surface area contributed by atoms with Gasteiger partial charge < -0.3 is 10.4 Å². The van der Waals surface area contributed by atoms with Gasteiger partial charge in [-0.05, 0) is 31.7 Å². The first kappa shape index (κ1) is 12.7. The van der Waals surface area contributed by atoms with Gasteiger partial charge in [-0.1, -0.05) is 0 Å². The Bertz CT molecular complexity index is 187. The van der Waals surface area contributed by atoms with Crippen molar-refractivity contribution in [2.24, 2.45) is 5.92 Å². The lowest BCUT2D eigenvalue weighted by Gasteiger charge is -2.11. The summed E-state index contributed by atoms with van der Waals surface area (Å²) in [7, 11) is 0. The highest BCUT2D eigenvalue weighted by Gasteiger charge is 2.28. The number of aliphatic hydroxyl groups excluding tert-OH is 1. The smallest absolute Gasteiger partial charge is 0.393 e. The summed E-state index contributed by atoms with van der Waals surface area (Å²) >= 11 is 0. The third kappa shape index (κ3) is 5.96. The van der Waals surface area contributed by atoms with Gasteiger partial charge in [0.1, 0.15) is 0 Å². The lowest BCUT2D eigenvalue weighted by molar-refractivity contribution is -0.323. The average Bonchev–Trinajstić information content (AvgIpc) is 2.49. The zero-order valence-corrected chi connectivity index (χ0v) is 8.39. The Morgan fingerprint density at radius 3 is 2.60 bits per heavy atom. The quantitative estimate of drug-likeness (QED) is 0.695. The van der Waals surface area contributed by atoms with Crippen molar-refractivity contribution in [3.05, 3.63) is 0 Å². The molecule has 0 heterocycles. The molecule has 1 rings (SSSR count). The van der Waals surface area contributed by atoms with Gasteiger partial charge in [-0.15, -0.1) is 13.2 Å². The van der Waals surface area contributed by atoms with Crippen LogP contribution in [-0.4, -0.2) is 37.3 Å². The van der Waals surface area contributed by atoms with Crippen LogP contribution in [0.2, 0.25) is 0 Å². The fourth-order valence-electron chi connectivity index (χ4n) is 1.78. The number of halogens is 3. The van der Waals surface area contributed by atoms with Gasteiger partial charge in [-0.3, -0.25) is 4.74 Å². The van der Waals surface area contributed by atoms with Crippen LogP contribution in [0.3, 0.4) is 0 Å². The van der Waals surface area contributed by atoms with Crippen LogP contribution in [0.5, 0.6) is 0 Å². The summed E-state index contributed by atoms with van der Waals surface area (Å²) in [5.41, 5.74) is 0. The first-order chi connectivity index (χ1) is 6.97. The van der Waals surface area contributed by atoms with E-state index in [0.717, 1.165) is 19.3 Å². The molecule has 2 N–H and O–H groups in total. The molecule has 0 bridgehead atoms. The Morgan fingerprint density at radius 1 is 1.33 bits per heavy atom. The zero-order chi connectivity index (χ0) is 11.3. The van der Waals surface area contributed by atoms with E-state index in [4.69, 9.17) is 0 Å². The molecule has 1 saturated carbocycles. The van der Waals surface area contributed by atoms with E-state index in [1.54, 1.807) is 0 Å². The minimum atomic E-state index is -4.54. The molecule has 0 aromatic carbocycles. The topological polar surface area (TPSA) is 41.5 Å². The van der Waals surface area contributed by atoms with E-state index in [1.165, 1.54) is 0 Å². The van der Waals surface area contributed by atoms with Crippen molar-refractivity contribution < 1.29 is 23.0 Å². The van der Waals surface area contributed by atoms with Crippen LogP contribution in [-0.2, 0) is 4.74 Å². The Hall–Kier alpha value is -0.330. The molecule has 0 spiro atoms. The molecule has 1 aliphatic carbocycles. The molecule has 0 aromatic rings. The Kier molecular flexibility index (Phi) is 4.82. The maximum absolute atomic E-state index is 11.6. The third-order valence-electron chi connectivity index (χ3n) is 2.49. The predicted molar refractivity (Wildman–Crippen MR) is 48.2 cm³/mol. The molecule has 90 valence electrons. The molecule has 0 aliphatic heterocycles. The third-order valence-corrected chi connectivity index (χ3v) is 2.49. The van der Waals surface area contributed by atoms with Gasteiger partial charge in [0.15, 0.2) is 0 Å². The van der Waals surface area contributed by atoms with Crippen molar-refractivity contribution in [3.8, 4) is 0 Å². The molecule has 15 heavy (non-hydrogen) atoms. The number of alkyl halides is 3. The van der Waals surface area contributed by atoms with Crippen LogP contribution in [0, 0.1) is 5.92 Å². The van der Waals surface area contributed by atoms with Crippen molar-refractivity contribution in [1.29, 1.82) is 0 Å². The molecular weight excluding hydrogens is 211 g/mol. The normalized spacial score (nSPS) is 27.2. The molecular formula is C9H16F3NO2. The molecule has 1 aliphatic rings. The lowest BCUT2D eigenvalue weighted by atomic mass is 10.1. The average molecular weight is 227 g/mol. The lowest BCUT2D eigenvalue weighted by Crippen LogP contribution is -2.28. The van der Waals surface area contributed by atoms with Crippen LogP contribution in [0.4, 0.5) is 13.2 Å². The van der Waals surface area contributed by atoms with E-state index in [9.17, 15) is 18.3 Å².